The van der Waals surface area contributed by atoms with Crippen molar-refractivity contribution in [3.8, 4) is 5.69 Å². The lowest BCUT2D eigenvalue weighted by atomic mass is 10.1. The first kappa shape index (κ1) is 13.8. The maximum absolute atomic E-state index is 4.10. The van der Waals surface area contributed by atoms with Crippen molar-refractivity contribution in [3.63, 3.8) is 0 Å². The lowest BCUT2D eigenvalue weighted by Crippen LogP contribution is -2.02. The molecule has 1 heterocycles. The van der Waals surface area contributed by atoms with E-state index in [1.807, 2.05) is 16.8 Å². The Hall–Kier alpha value is -1.62. The van der Waals surface area contributed by atoms with Gasteiger partial charge in [-0.2, -0.15) is 4.68 Å². The summed E-state index contributed by atoms with van der Waals surface area (Å²) in [6.07, 6.45) is 2.17. The van der Waals surface area contributed by atoms with Crippen molar-refractivity contribution in [1.29, 1.82) is 0 Å². The molecule has 100 valence electrons. The van der Waals surface area contributed by atoms with Crippen LogP contribution in [0.1, 0.15) is 25.0 Å². The number of hydrogen-bond donors (Lipinski definition) is 0. The van der Waals surface area contributed by atoms with Gasteiger partial charge in [0.05, 0.1) is 5.69 Å². The third-order valence-electron chi connectivity index (χ3n) is 2.95. The number of hydrogen-bond acceptors (Lipinski definition) is 4. The van der Waals surface area contributed by atoms with E-state index in [2.05, 4.69) is 55.4 Å². The van der Waals surface area contributed by atoms with Crippen LogP contribution in [0, 0.1) is 13.8 Å². The van der Waals surface area contributed by atoms with Gasteiger partial charge in [0, 0.05) is 5.75 Å². The number of aromatic nitrogens is 4. The van der Waals surface area contributed by atoms with Crippen LogP contribution in [0.3, 0.4) is 0 Å². The van der Waals surface area contributed by atoms with Crippen LogP contribution in [0.2, 0.25) is 0 Å². The van der Waals surface area contributed by atoms with Gasteiger partial charge in [-0.15, -0.1) is 5.10 Å². The number of benzene rings is 1. The van der Waals surface area contributed by atoms with E-state index in [9.17, 15) is 0 Å². The first-order valence-electron chi connectivity index (χ1n) is 6.20. The van der Waals surface area contributed by atoms with E-state index in [1.54, 1.807) is 11.8 Å². The van der Waals surface area contributed by atoms with Crippen molar-refractivity contribution >= 4 is 11.8 Å². The van der Waals surface area contributed by atoms with Gasteiger partial charge in [-0.1, -0.05) is 35.5 Å². The first-order chi connectivity index (χ1) is 9.09. The highest BCUT2D eigenvalue weighted by Gasteiger charge is 2.11. The Morgan fingerprint density at radius 3 is 2.84 bits per heavy atom. The fourth-order valence-electron chi connectivity index (χ4n) is 1.67. The summed E-state index contributed by atoms with van der Waals surface area (Å²) in [4.78, 5) is 0. The molecule has 0 aliphatic rings. The molecule has 0 saturated heterocycles. The molecule has 1 aromatic heterocycles. The number of thioether (sulfide) groups is 1. The molecule has 0 N–H and O–H groups in total. The molecule has 0 amide bonds. The van der Waals surface area contributed by atoms with Gasteiger partial charge < -0.3 is 0 Å². The van der Waals surface area contributed by atoms with Crippen LogP contribution in [0.4, 0.5) is 0 Å². The first-order valence-corrected chi connectivity index (χ1v) is 7.19. The molecule has 0 radical (unpaired) electrons. The van der Waals surface area contributed by atoms with E-state index in [0.29, 0.717) is 0 Å². The molecule has 5 heteroatoms. The lowest BCUT2D eigenvalue weighted by molar-refractivity contribution is 0.751. The van der Waals surface area contributed by atoms with Crippen molar-refractivity contribution in [3.05, 3.63) is 41.0 Å². The third-order valence-corrected chi connectivity index (χ3v) is 3.80. The monoisotopic (exact) mass is 274 g/mol. The highest BCUT2D eigenvalue weighted by atomic mass is 32.2. The van der Waals surface area contributed by atoms with E-state index in [1.165, 1.54) is 16.7 Å². The Morgan fingerprint density at radius 1 is 1.32 bits per heavy atom. The molecule has 0 aliphatic heterocycles. The van der Waals surface area contributed by atoms with Crippen LogP contribution in [-0.4, -0.2) is 26.0 Å². The Labute approximate surface area is 117 Å². The summed E-state index contributed by atoms with van der Waals surface area (Å²) in [5.74, 6) is 0.883. The summed E-state index contributed by atoms with van der Waals surface area (Å²) in [6.45, 7) is 8.37. The lowest BCUT2D eigenvalue weighted by Gasteiger charge is -2.09. The van der Waals surface area contributed by atoms with Crippen molar-refractivity contribution in [2.75, 3.05) is 5.75 Å². The predicted octanol–water partition coefficient (Wildman–Crippen LogP) is 3.34. The van der Waals surface area contributed by atoms with Gasteiger partial charge in [0.25, 0.3) is 0 Å². The molecule has 1 aromatic carbocycles. The number of allylic oxidation sites excluding steroid dienone is 1. The minimum atomic E-state index is 0.825. The topological polar surface area (TPSA) is 43.6 Å². The van der Waals surface area contributed by atoms with Gasteiger partial charge >= 0.3 is 0 Å². The molecule has 0 fully saturated rings. The second-order valence-electron chi connectivity index (χ2n) is 4.68. The molecule has 19 heavy (non-hydrogen) atoms. The van der Waals surface area contributed by atoms with E-state index in [-0.39, 0.29) is 0 Å². The molecule has 0 aliphatic carbocycles. The zero-order chi connectivity index (χ0) is 13.8. The second-order valence-corrected chi connectivity index (χ2v) is 5.67. The van der Waals surface area contributed by atoms with Crippen LogP contribution in [0.15, 0.2) is 35.0 Å². The molecule has 0 bridgehead atoms. The fourth-order valence-corrected chi connectivity index (χ4v) is 2.59. The number of aryl methyl sites for hydroxylation is 1. The molecule has 4 nitrogen and oxygen atoms in total. The molecule has 0 spiro atoms. The summed E-state index contributed by atoms with van der Waals surface area (Å²) < 4.78 is 1.81. The molecule has 0 saturated carbocycles. The van der Waals surface area contributed by atoms with Gasteiger partial charge in [-0.05, 0) is 55.3 Å². The van der Waals surface area contributed by atoms with Crippen LogP contribution < -0.4 is 0 Å². The molecule has 2 rings (SSSR count). The van der Waals surface area contributed by atoms with Crippen LogP contribution in [0.25, 0.3) is 5.69 Å². The normalized spacial score (nSPS) is 10.5. The summed E-state index contributed by atoms with van der Waals surface area (Å²) in [5.41, 5.74) is 4.80. The average Bonchev–Trinajstić information content (AvgIpc) is 2.80. The van der Waals surface area contributed by atoms with Gasteiger partial charge in [0.15, 0.2) is 0 Å². The zero-order valence-electron chi connectivity index (χ0n) is 11.7. The van der Waals surface area contributed by atoms with Crippen molar-refractivity contribution in [2.24, 2.45) is 0 Å². The summed E-state index contributed by atoms with van der Waals surface area (Å²) >= 11 is 1.64. The predicted molar refractivity (Wildman–Crippen MR) is 78.8 cm³/mol. The maximum atomic E-state index is 4.10. The molecule has 2 aromatic rings. The quantitative estimate of drug-likeness (QED) is 0.633. The molecule has 0 unspecified atom stereocenters. The van der Waals surface area contributed by atoms with E-state index in [4.69, 9.17) is 0 Å². The number of rotatable bonds is 4. The minimum Gasteiger partial charge on any atom is -0.187 e. The van der Waals surface area contributed by atoms with Crippen LogP contribution in [0.5, 0.6) is 0 Å². The van der Waals surface area contributed by atoms with Crippen LogP contribution >= 0.6 is 11.8 Å². The van der Waals surface area contributed by atoms with Crippen molar-refractivity contribution < 1.29 is 0 Å². The van der Waals surface area contributed by atoms with Crippen molar-refractivity contribution in [2.45, 2.75) is 32.9 Å². The van der Waals surface area contributed by atoms with E-state index in [0.717, 1.165) is 16.6 Å². The smallest absolute Gasteiger partial charge is 0.187 e. The van der Waals surface area contributed by atoms with Gasteiger partial charge in [0.1, 0.15) is 0 Å². The highest BCUT2D eigenvalue weighted by Crippen LogP contribution is 2.22. The SMILES string of the molecule is CC(C)=CCSc1nnnn1-c1cccc(C)c1C. The summed E-state index contributed by atoms with van der Waals surface area (Å²) in [7, 11) is 0. The summed E-state index contributed by atoms with van der Waals surface area (Å²) in [6, 6.07) is 6.17. The van der Waals surface area contributed by atoms with Gasteiger partial charge in [0.2, 0.25) is 5.16 Å². The molecular formula is C14H18N4S. The highest BCUT2D eigenvalue weighted by molar-refractivity contribution is 7.99. The van der Waals surface area contributed by atoms with Gasteiger partial charge in [-0.3, -0.25) is 0 Å². The average molecular weight is 274 g/mol. The zero-order valence-corrected chi connectivity index (χ0v) is 12.5. The number of nitrogens with zero attached hydrogens (tertiary/aromatic N) is 4. The second kappa shape index (κ2) is 6.02. The third kappa shape index (κ3) is 3.23. The van der Waals surface area contributed by atoms with Crippen LogP contribution in [-0.2, 0) is 0 Å². The molecular weight excluding hydrogens is 256 g/mol. The van der Waals surface area contributed by atoms with Gasteiger partial charge in [-0.25, -0.2) is 0 Å². The van der Waals surface area contributed by atoms with Crippen molar-refractivity contribution in [1.82, 2.24) is 20.2 Å². The Balaban J connectivity index is 2.29. The minimum absolute atomic E-state index is 0.825. The Morgan fingerprint density at radius 2 is 2.11 bits per heavy atom. The maximum Gasteiger partial charge on any atom is 0.214 e. The Kier molecular flexibility index (Phi) is 4.37. The Bertz CT molecular complexity index is 597. The van der Waals surface area contributed by atoms with E-state index < -0.39 is 0 Å². The largest absolute Gasteiger partial charge is 0.214 e. The number of tetrazole rings is 1. The summed E-state index contributed by atoms with van der Waals surface area (Å²) in [5, 5.41) is 12.8. The fraction of sp³-hybridized carbons (Fsp3) is 0.357. The molecule has 0 atom stereocenters. The van der Waals surface area contributed by atoms with E-state index >= 15 is 0 Å². The standard InChI is InChI=1S/C14H18N4S/c1-10(2)8-9-19-14-15-16-17-18(14)13-7-5-6-11(3)12(13)4/h5-8H,9H2,1-4H3.